The normalized spacial score (nSPS) is 37.0. The number of hydrogen-bond donors (Lipinski definition) is 1. The van der Waals surface area contributed by atoms with Gasteiger partial charge in [0.1, 0.15) is 5.82 Å². The predicted octanol–water partition coefficient (Wildman–Crippen LogP) is 5.83. The highest BCUT2D eigenvalue weighted by atomic mass is 16.4. The zero-order chi connectivity index (χ0) is 24.9. The van der Waals surface area contributed by atoms with Crippen molar-refractivity contribution in [2.45, 2.75) is 114 Å². The van der Waals surface area contributed by atoms with Crippen LogP contribution in [-0.4, -0.2) is 68.2 Å². The van der Waals surface area contributed by atoms with Gasteiger partial charge in [-0.05, 0) is 81.9 Å². The van der Waals surface area contributed by atoms with E-state index in [-0.39, 0.29) is 6.54 Å². The number of carbonyl (C=O) groups is 1. The quantitative estimate of drug-likeness (QED) is 0.555. The summed E-state index contributed by atoms with van der Waals surface area (Å²) in [4.78, 5) is 21.7. The number of hydrogen-bond acceptors (Lipinski definition) is 4. The van der Waals surface area contributed by atoms with E-state index in [1.54, 1.807) is 0 Å². The highest BCUT2D eigenvalue weighted by Crippen LogP contribution is 2.48. The molecule has 6 nitrogen and oxygen atoms in total. The minimum atomic E-state index is -0.725. The third-order valence-electron chi connectivity index (χ3n) is 10.8. The van der Waals surface area contributed by atoms with Gasteiger partial charge in [-0.15, -0.1) is 0 Å². The van der Waals surface area contributed by atoms with Crippen molar-refractivity contribution < 1.29 is 9.90 Å². The second-order valence-electron chi connectivity index (χ2n) is 13.1. The monoisotopic (exact) mass is 504 g/mol. The third kappa shape index (κ3) is 4.63. The second kappa shape index (κ2) is 10.00. The Balaban J connectivity index is 1.17. The Labute approximate surface area is 221 Å². The molecular weight excluding hydrogens is 460 g/mol. The Morgan fingerprint density at radius 1 is 0.838 bits per heavy atom. The number of likely N-dealkylation sites (tertiary alicyclic amines) is 1. The summed E-state index contributed by atoms with van der Waals surface area (Å²) in [7, 11) is 0. The Morgan fingerprint density at radius 3 is 2.30 bits per heavy atom. The van der Waals surface area contributed by atoms with E-state index in [2.05, 4.69) is 38.6 Å². The molecule has 2 unspecified atom stereocenters. The fourth-order valence-electron chi connectivity index (χ4n) is 9.42. The van der Waals surface area contributed by atoms with Crippen LogP contribution in [0.25, 0.3) is 11.0 Å². The first-order chi connectivity index (χ1) is 18.1. The van der Waals surface area contributed by atoms with Gasteiger partial charge < -0.3 is 9.67 Å². The van der Waals surface area contributed by atoms with Gasteiger partial charge in [-0.25, -0.2) is 4.98 Å². The number of carboxylic acid groups (broad SMARTS) is 1. The molecule has 0 radical (unpaired) electrons. The Kier molecular flexibility index (Phi) is 6.52. The lowest BCUT2D eigenvalue weighted by Crippen LogP contribution is -2.58. The molecule has 1 N–H and O–H groups in total. The van der Waals surface area contributed by atoms with Crippen molar-refractivity contribution in [2.75, 3.05) is 19.6 Å². The zero-order valence-corrected chi connectivity index (χ0v) is 22.3. The zero-order valence-electron chi connectivity index (χ0n) is 22.3. The van der Waals surface area contributed by atoms with Crippen LogP contribution in [-0.2, 0) is 4.79 Å². The van der Waals surface area contributed by atoms with Crippen molar-refractivity contribution in [1.29, 1.82) is 0 Å². The SMILES string of the molecule is O=C(O)CN1CC[C@H](c2nc3ccccc3n2C2C[C@H]3CCC[C@@H](C2)N3C2C[C@H]3CCCC[C@@H](C2)C3)C1. The maximum Gasteiger partial charge on any atom is 0.317 e. The van der Waals surface area contributed by atoms with Crippen LogP contribution in [0, 0.1) is 11.8 Å². The van der Waals surface area contributed by atoms with E-state index in [0.29, 0.717) is 24.0 Å². The van der Waals surface area contributed by atoms with E-state index < -0.39 is 5.97 Å². The molecule has 2 aliphatic carbocycles. The van der Waals surface area contributed by atoms with Gasteiger partial charge >= 0.3 is 5.97 Å². The molecule has 6 heteroatoms. The summed E-state index contributed by atoms with van der Waals surface area (Å²) in [6.07, 6.45) is 17.9. The van der Waals surface area contributed by atoms with Crippen LogP contribution in [0.1, 0.15) is 101 Å². The molecule has 200 valence electrons. The molecule has 2 saturated carbocycles. The summed E-state index contributed by atoms with van der Waals surface area (Å²) in [5, 5.41) is 9.33. The largest absolute Gasteiger partial charge is 0.480 e. The summed E-state index contributed by atoms with van der Waals surface area (Å²) >= 11 is 0. The molecule has 7 atom stereocenters. The van der Waals surface area contributed by atoms with Crippen molar-refractivity contribution in [3.63, 3.8) is 0 Å². The topological polar surface area (TPSA) is 61.6 Å². The molecule has 1 aromatic carbocycles. The molecule has 2 aromatic rings. The summed E-state index contributed by atoms with van der Waals surface area (Å²) < 4.78 is 2.63. The molecule has 0 spiro atoms. The second-order valence-corrected chi connectivity index (χ2v) is 13.1. The van der Waals surface area contributed by atoms with E-state index >= 15 is 0 Å². The van der Waals surface area contributed by atoms with Gasteiger partial charge in [0.25, 0.3) is 0 Å². The average molecular weight is 505 g/mol. The van der Waals surface area contributed by atoms with Gasteiger partial charge in [0.2, 0.25) is 0 Å². The fourth-order valence-corrected chi connectivity index (χ4v) is 9.42. The number of carboxylic acids is 1. The first-order valence-corrected chi connectivity index (χ1v) is 15.3. The number of imidazole rings is 1. The molecule has 5 fully saturated rings. The van der Waals surface area contributed by atoms with E-state index in [4.69, 9.17) is 4.98 Å². The average Bonchev–Trinajstić information content (AvgIpc) is 3.45. The molecule has 0 amide bonds. The van der Waals surface area contributed by atoms with E-state index in [1.165, 1.54) is 88.4 Å². The van der Waals surface area contributed by atoms with Crippen LogP contribution in [0.15, 0.2) is 24.3 Å². The number of rotatable bonds is 5. The number of para-hydroxylation sites is 2. The molecule has 7 rings (SSSR count). The minimum Gasteiger partial charge on any atom is -0.480 e. The first kappa shape index (κ1) is 24.1. The maximum absolute atomic E-state index is 11.3. The Bertz CT molecular complexity index is 1100. The van der Waals surface area contributed by atoms with Gasteiger partial charge in [0.15, 0.2) is 0 Å². The molecular formula is C31H44N4O2. The predicted molar refractivity (Wildman–Crippen MR) is 146 cm³/mol. The fraction of sp³-hybridized carbons (Fsp3) is 0.742. The lowest BCUT2D eigenvalue weighted by Gasteiger charge is -2.54. The lowest BCUT2D eigenvalue weighted by atomic mass is 9.73. The van der Waals surface area contributed by atoms with Gasteiger partial charge in [-0.1, -0.05) is 44.2 Å². The summed E-state index contributed by atoms with van der Waals surface area (Å²) in [6.45, 7) is 1.81. The number of fused-ring (bicyclic) bond motifs is 5. The van der Waals surface area contributed by atoms with Gasteiger partial charge in [-0.2, -0.15) is 0 Å². The van der Waals surface area contributed by atoms with Crippen LogP contribution in [0.4, 0.5) is 0 Å². The highest BCUT2D eigenvalue weighted by Gasteiger charge is 2.45. The van der Waals surface area contributed by atoms with Gasteiger partial charge in [-0.3, -0.25) is 14.6 Å². The number of aliphatic carboxylic acids is 1. The van der Waals surface area contributed by atoms with Crippen LogP contribution in [0.3, 0.4) is 0 Å². The van der Waals surface area contributed by atoms with Gasteiger partial charge in [0, 0.05) is 36.6 Å². The highest BCUT2D eigenvalue weighted by molar-refractivity contribution is 5.76. The summed E-state index contributed by atoms with van der Waals surface area (Å²) in [5.41, 5.74) is 2.40. The molecule has 5 aliphatic rings. The van der Waals surface area contributed by atoms with Crippen molar-refractivity contribution >= 4 is 17.0 Å². The van der Waals surface area contributed by atoms with Crippen LogP contribution in [0.2, 0.25) is 0 Å². The standard InChI is InChI=1S/C31H44N4O2/c36-30(37)20-33-13-12-23(19-33)31-32-28-10-3-4-11-29(28)35(31)27-17-24-8-5-9-25(18-27)34(24)26-15-21-6-1-2-7-22(14-21)16-26/h3-4,10-11,21-27H,1-2,5-9,12-20H2,(H,36,37)/t21-,22+,23-,24-,25+,26?,27?/m0/s1. The number of nitrogens with zero attached hydrogens (tertiary/aromatic N) is 4. The van der Waals surface area contributed by atoms with Crippen molar-refractivity contribution in [3.05, 3.63) is 30.1 Å². The number of piperidine rings is 2. The van der Waals surface area contributed by atoms with E-state index in [9.17, 15) is 9.90 Å². The number of benzene rings is 1. The Morgan fingerprint density at radius 2 is 1.57 bits per heavy atom. The molecule has 37 heavy (non-hydrogen) atoms. The summed E-state index contributed by atoms with van der Waals surface area (Å²) in [6, 6.07) is 11.4. The first-order valence-electron chi connectivity index (χ1n) is 15.3. The molecule has 3 aliphatic heterocycles. The molecule has 4 bridgehead atoms. The van der Waals surface area contributed by atoms with Crippen LogP contribution >= 0.6 is 0 Å². The maximum atomic E-state index is 11.3. The smallest absolute Gasteiger partial charge is 0.317 e. The lowest BCUT2D eigenvalue weighted by molar-refractivity contribution is -0.138. The van der Waals surface area contributed by atoms with Crippen molar-refractivity contribution in [3.8, 4) is 0 Å². The minimum absolute atomic E-state index is 0.142. The van der Waals surface area contributed by atoms with Crippen LogP contribution in [0.5, 0.6) is 0 Å². The van der Waals surface area contributed by atoms with Crippen molar-refractivity contribution in [1.82, 2.24) is 19.4 Å². The van der Waals surface area contributed by atoms with Gasteiger partial charge in [0.05, 0.1) is 17.6 Å². The van der Waals surface area contributed by atoms with Crippen LogP contribution < -0.4 is 0 Å². The molecule has 3 saturated heterocycles. The number of aromatic nitrogens is 2. The molecule has 4 heterocycles. The Hall–Kier alpha value is -1.92. The van der Waals surface area contributed by atoms with Crippen molar-refractivity contribution in [2.24, 2.45) is 11.8 Å². The molecule has 1 aromatic heterocycles. The van der Waals surface area contributed by atoms with E-state index in [1.807, 2.05) is 0 Å². The summed E-state index contributed by atoms with van der Waals surface area (Å²) in [5.74, 6) is 2.77. The third-order valence-corrected chi connectivity index (χ3v) is 10.8. The van der Waals surface area contributed by atoms with E-state index in [0.717, 1.165) is 42.9 Å².